The predicted molar refractivity (Wildman–Crippen MR) is 105 cm³/mol. The molecule has 1 aliphatic carbocycles. The van der Waals surface area contributed by atoms with Crippen molar-refractivity contribution in [3.05, 3.63) is 59.7 Å². The standard InChI is InChI=1S/C23H28O4.W/c1-16-13-22(2,3)15-23(14-16,17-5-9-19(24)10-6-17)18-7-11-20(12-8-18)27-21(25)26-4;/h5-12,16,24H,13-15H2,1-4H3;. The second-order valence-corrected chi connectivity index (χ2v) is 8.56. The Kier molecular flexibility index (Phi) is 6.98. The zero-order valence-electron chi connectivity index (χ0n) is 16.9. The number of carbonyl (C=O) groups is 1. The second-order valence-electron chi connectivity index (χ2n) is 8.56. The number of aromatic hydroxyl groups is 1. The Bertz CT molecular complexity index is 798. The van der Waals surface area contributed by atoms with E-state index in [0.717, 1.165) is 12.8 Å². The maximum absolute atomic E-state index is 11.3. The van der Waals surface area contributed by atoms with Gasteiger partial charge in [0.15, 0.2) is 0 Å². The summed E-state index contributed by atoms with van der Waals surface area (Å²) in [7, 11) is 1.29. The third kappa shape index (κ3) is 4.78. The molecule has 2 aromatic carbocycles. The van der Waals surface area contributed by atoms with E-state index >= 15 is 0 Å². The number of ether oxygens (including phenoxy) is 2. The van der Waals surface area contributed by atoms with E-state index in [9.17, 15) is 9.90 Å². The number of hydrogen-bond donors (Lipinski definition) is 1. The molecule has 0 saturated heterocycles. The van der Waals surface area contributed by atoms with Crippen LogP contribution in [-0.4, -0.2) is 18.4 Å². The Balaban J connectivity index is 0.00000280. The SMILES string of the molecule is COC(=O)Oc1ccc(C2(c3ccc(O)cc3)CC(C)CC(C)(C)C2)cc1.[W]. The summed E-state index contributed by atoms with van der Waals surface area (Å²) in [6, 6.07) is 15.3. The molecule has 0 amide bonds. The molecule has 5 heteroatoms. The van der Waals surface area contributed by atoms with Crippen LogP contribution in [0.1, 0.15) is 51.2 Å². The fourth-order valence-electron chi connectivity index (χ4n) is 4.94. The molecule has 0 spiro atoms. The number of benzene rings is 2. The fraction of sp³-hybridized carbons (Fsp3) is 0.435. The number of carbonyl (C=O) groups excluding carboxylic acids is 1. The average Bonchev–Trinajstić information content (AvgIpc) is 2.61. The first-order valence-electron chi connectivity index (χ1n) is 9.40. The first-order chi connectivity index (χ1) is 12.7. The van der Waals surface area contributed by atoms with Gasteiger partial charge in [-0.15, -0.1) is 0 Å². The van der Waals surface area contributed by atoms with E-state index in [4.69, 9.17) is 4.74 Å². The Morgan fingerprint density at radius 3 is 2.04 bits per heavy atom. The molecule has 3 rings (SSSR count). The van der Waals surface area contributed by atoms with Crippen LogP contribution in [0.2, 0.25) is 0 Å². The van der Waals surface area contributed by atoms with Crippen LogP contribution in [0.3, 0.4) is 0 Å². The number of hydrogen-bond acceptors (Lipinski definition) is 4. The summed E-state index contributed by atoms with van der Waals surface area (Å²) in [4.78, 5) is 11.3. The molecule has 0 bridgehead atoms. The molecule has 1 saturated carbocycles. The van der Waals surface area contributed by atoms with E-state index in [0.29, 0.717) is 11.7 Å². The van der Waals surface area contributed by atoms with E-state index in [-0.39, 0.29) is 37.6 Å². The summed E-state index contributed by atoms with van der Waals surface area (Å²) in [5.41, 5.74) is 2.47. The molecule has 1 aliphatic rings. The molecular weight excluding hydrogens is 524 g/mol. The largest absolute Gasteiger partial charge is 0.513 e. The maximum Gasteiger partial charge on any atom is 0.513 e. The zero-order valence-corrected chi connectivity index (χ0v) is 19.8. The Labute approximate surface area is 181 Å². The third-order valence-corrected chi connectivity index (χ3v) is 5.57. The summed E-state index contributed by atoms with van der Waals surface area (Å²) in [5.74, 6) is 1.32. The summed E-state index contributed by atoms with van der Waals surface area (Å²) in [6.45, 7) is 6.96. The van der Waals surface area contributed by atoms with Crippen molar-refractivity contribution in [1.82, 2.24) is 0 Å². The van der Waals surface area contributed by atoms with Gasteiger partial charge in [0, 0.05) is 26.5 Å². The van der Waals surface area contributed by atoms with Crippen molar-refractivity contribution in [3.63, 3.8) is 0 Å². The molecule has 1 N–H and O–H groups in total. The molecule has 150 valence electrons. The Hall–Kier alpha value is -1.80. The van der Waals surface area contributed by atoms with Crippen LogP contribution in [0.25, 0.3) is 0 Å². The fourth-order valence-corrected chi connectivity index (χ4v) is 4.94. The maximum atomic E-state index is 11.3. The van der Waals surface area contributed by atoms with E-state index in [1.807, 2.05) is 36.4 Å². The molecular formula is C23H28O4W. The minimum Gasteiger partial charge on any atom is -0.508 e. The number of rotatable bonds is 3. The monoisotopic (exact) mass is 552 g/mol. The molecule has 0 aliphatic heterocycles. The van der Waals surface area contributed by atoms with E-state index < -0.39 is 6.16 Å². The van der Waals surface area contributed by atoms with Crippen molar-refractivity contribution >= 4 is 6.16 Å². The van der Waals surface area contributed by atoms with Crippen LogP contribution in [0.5, 0.6) is 11.5 Å². The van der Waals surface area contributed by atoms with Gasteiger partial charge in [-0.25, -0.2) is 4.79 Å². The van der Waals surface area contributed by atoms with E-state index in [2.05, 4.69) is 25.5 Å². The number of phenols is 1. The van der Waals surface area contributed by atoms with Crippen molar-refractivity contribution in [3.8, 4) is 11.5 Å². The van der Waals surface area contributed by atoms with Gasteiger partial charge in [0.1, 0.15) is 11.5 Å². The van der Waals surface area contributed by atoms with Crippen LogP contribution >= 0.6 is 0 Å². The summed E-state index contributed by atoms with van der Waals surface area (Å²) in [6.07, 6.45) is 2.53. The van der Waals surface area contributed by atoms with Crippen LogP contribution in [0.15, 0.2) is 48.5 Å². The van der Waals surface area contributed by atoms with Crippen molar-refractivity contribution in [2.45, 2.75) is 45.4 Å². The smallest absolute Gasteiger partial charge is 0.508 e. The number of methoxy groups -OCH3 is 1. The van der Waals surface area contributed by atoms with Crippen LogP contribution < -0.4 is 4.74 Å². The van der Waals surface area contributed by atoms with Gasteiger partial charge in [0.2, 0.25) is 0 Å². The quantitative estimate of drug-likeness (QED) is 0.394. The predicted octanol–water partition coefficient (Wildman–Crippen LogP) is 5.67. The van der Waals surface area contributed by atoms with E-state index in [1.165, 1.54) is 24.7 Å². The molecule has 2 atom stereocenters. The van der Waals surface area contributed by atoms with Crippen LogP contribution in [-0.2, 0) is 31.2 Å². The second kappa shape index (κ2) is 8.69. The number of phenolic OH excluding ortho intramolecular Hbond substituents is 1. The molecule has 0 radical (unpaired) electrons. The first-order valence-corrected chi connectivity index (χ1v) is 9.40. The normalized spacial score (nSPS) is 23.4. The molecule has 0 aromatic heterocycles. The molecule has 4 nitrogen and oxygen atoms in total. The molecule has 0 heterocycles. The third-order valence-electron chi connectivity index (χ3n) is 5.57. The van der Waals surface area contributed by atoms with Crippen molar-refractivity contribution in [2.24, 2.45) is 11.3 Å². The Morgan fingerprint density at radius 2 is 1.54 bits per heavy atom. The topological polar surface area (TPSA) is 55.8 Å². The van der Waals surface area contributed by atoms with Gasteiger partial charge < -0.3 is 14.6 Å². The van der Waals surface area contributed by atoms with Gasteiger partial charge in [0.05, 0.1) is 7.11 Å². The molecule has 2 aromatic rings. The minimum atomic E-state index is -0.719. The summed E-state index contributed by atoms with van der Waals surface area (Å²) < 4.78 is 9.69. The van der Waals surface area contributed by atoms with Crippen molar-refractivity contribution in [2.75, 3.05) is 7.11 Å². The molecule has 2 unspecified atom stereocenters. The molecule has 1 fully saturated rings. The van der Waals surface area contributed by atoms with Gasteiger partial charge >= 0.3 is 6.16 Å². The van der Waals surface area contributed by atoms with Gasteiger partial charge in [0.25, 0.3) is 0 Å². The molecule has 28 heavy (non-hydrogen) atoms. The van der Waals surface area contributed by atoms with E-state index in [1.54, 1.807) is 12.1 Å². The summed E-state index contributed by atoms with van der Waals surface area (Å²) in [5, 5.41) is 9.75. The van der Waals surface area contributed by atoms with Gasteiger partial charge in [-0.05, 0) is 66.0 Å². The minimum absolute atomic E-state index is 0. The Morgan fingerprint density at radius 1 is 1.00 bits per heavy atom. The van der Waals surface area contributed by atoms with Gasteiger partial charge in [-0.3, -0.25) is 0 Å². The average molecular weight is 552 g/mol. The zero-order chi connectivity index (χ0) is 19.7. The summed E-state index contributed by atoms with van der Waals surface area (Å²) >= 11 is 0. The van der Waals surface area contributed by atoms with Crippen molar-refractivity contribution in [1.29, 1.82) is 0 Å². The van der Waals surface area contributed by atoms with Gasteiger partial charge in [-0.2, -0.15) is 0 Å². The van der Waals surface area contributed by atoms with Crippen LogP contribution in [0.4, 0.5) is 4.79 Å². The van der Waals surface area contributed by atoms with Crippen LogP contribution in [0, 0.1) is 11.3 Å². The van der Waals surface area contributed by atoms with Gasteiger partial charge in [-0.1, -0.05) is 45.0 Å². The first kappa shape index (κ1) is 22.5. The van der Waals surface area contributed by atoms with Crippen molar-refractivity contribution < 1.29 is 40.4 Å².